The zero-order valence-electron chi connectivity index (χ0n) is 12.7. The van der Waals surface area contributed by atoms with Crippen molar-refractivity contribution < 1.29 is 14.6 Å². The summed E-state index contributed by atoms with van der Waals surface area (Å²) in [5.74, 6) is -0.0506. The molecule has 0 atom stereocenters. The number of esters is 1. The average Bonchev–Trinajstić information content (AvgIpc) is 2.40. The number of rotatable bonds is 14. The first-order valence-corrected chi connectivity index (χ1v) is 8.07. The van der Waals surface area contributed by atoms with Crippen LogP contribution in [0.3, 0.4) is 0 Å². The summed E-state index contributed by atoms with van der Waals surface area (Å²) in [5.41, 5.74) is 0. The minimum absolute atomic E-state index is 0.0506. The lowest BCUT2D eigenvalue weighted by atomic mass is 10.1. The molecule has 0 saturated heterocycles. The summed E-state index contributed by atoms with van der Waals surface area (Å²) < 4.78 is 4.89. The van der Waals surface area contributed by atoms with Crippen LogP contribution in [-0.4, -0.2) is 24.3 Å². The molecule has 0 saturated carbocycles. The normalized spacial score (nSPS) is 10.6. The number of hydrogen-bond acceptors (Lipinski definition) is 3. The largest absolute Gasteiger partial charge is 0.466 e. The van der Waals surface area contributed by atoms with Crippen LogP contribution < -0.4 is 0 Å². The van der Waals surface area contributed by atoms with Gasteiger partial charge < -0.3 is 9.84 Å². The molecule has 3 nitrogen and oxygen atoms in total. The van der Waals surface area contributed by atoms with Gasteiger partial charge in [-0.15, -0.1) is 0 Å². The molecule has 0 aliphatic heterocycles. The Bertz CT molecular complexity index is 192. The van der Waals surface area contributed by atoms with Crippen molar-refractivity contribution in [3.05, 3.63) is 0 Å². The predicted molar refractivity (Wildman–Crippen MR) is 79.1 cm³/mol. The standard InChI is InChI=1S/C16H32O3/c1-2-19-16(18)14-12-10-8-6-4-3-5-7-9-11-13-15-17/h17H,2-15H2,1H3. The summed E-state index contributed by atoms with van der Waals surface area (Å²) in [6, 6.07) is 0. The topological polar surface area (TPSA) is 46.5 Å². The molecule has 0 radical (unpaired) electrons. The van der Waals surface area contributed by atoms with Gasteiger partial charge in [0.2, 0.25) is 0 Å². The fraction of sp³-hybridized carbons (Fsp3) is 0.938. The molecule has 0 amide bonds. The Balaban J connectivity index is 3.01. The van der Waals surface area contributed by atoms with Gasteiger partial charge >= 0.3 is 5.97 Å². The molecule has 0 aromatic carbocycles. The van der Waals surface area contributed by atoms with Gasteiger partial charge in [0.05, 0.1) is 6.61 Å². The molecule has 19 heavy (non-hydrogen) atoms. The molecule has 0 heterocycles. The Labute approximate surface area is 118 Å². The Morgan fingerprint density at radius 2 is 1.21 bits per heavy atom. The number of carbonyl (C=O) groups is 1. The maximum absolute atomic E-state index is 11.1. The van der Waals surface area contributed by atoms with Crippen molar-refractivity contribution in [2.45, 2.75) is 84.0 Å². The third kappa shape index (κ3) is 15.4. The summed E-state index contributed by atoms with van der Waals surface area (Å²) in [6.07, 6.45) is 13.9. The molecule has 0 unspecified atom stereocenters. The molecular formula is C16H32O3. The van der Waals surface area contributed by atoms with E-state index in [0.29, 0.717) is 19.6 Å². The van der Waals surface area contributed by atoms with E-state index in [1.807, 2.05) is 6.92 Å². The van der Waals surface area contributed by atoms with Gasteiger partial charge in [0, 0.05) is 13.0 Å². The first-order chi connectivity index (χ1) is 9.31. The van der Waals surface area contributed by atoms with Gasteiger partial charge in [0.1, 0.15) is 0 Å². The fourth-order valence-electron chi connectivity index (χ4n) is 2.21. The molecule has 0 aromatic rings. The zero-order chi connectivity index (χ0) is 14.2. The fourth-order valence-corrected chi connectivity index (χ4v) is 2.21. The number of hydrogen-bond donors (Lipinski definition) is 1. The van der Waals surface area contributed by atoms with Gasteiger partial charge in [0.15, 0.2) is 0 Å². The van der Waals surface area contributed by atoms with Crippen LogP contribution in [-0.2, 0) is 9.53 Å². The molecule has 1 N–H and O–H groups in total. The second kappa shape index (κ2) is 15.5. The molecule has 0 bridgehead atoms. The quantitative estimate of drug-likeness (QED) is 0.380. The highest BCUT2D eigenvalue weighted by Gasteiger charge is 2.00. The Hall–Kier alpha value is -0.570. The first kappa shape index (κ1) is 18.4. The van der Waals surface area contributed by atoms with Gasteiger partial charge in [-0.3, -0.25) is 4.79 Å². The minimum Gasteiger partial charge on any atom is -0.466 e. The second-order valence-corrected chi connectivity index (χ2v) is 5.17. The van der Waals surface area contributed by atoms with E-state index in [4.69, 9.17) is 9.84 Å². The molecule has 114 valence electrons. The summed E-state index contributed by atoms with van der Waals surface area (Å²) >= 11 is 0. The van der Waals surface area contributed by atoms with E-state index in [2.05, 4.69) is 0 Å². The van der Waals surface area contributed by atoms with E-state index in [-0.39, 0.29) is 5.97 Å². The van der Waals surface area contributed by atoms with E-state index < -0.39 is 0 Å². The number of aliphatic hydroxyl groups is 1. The van der Waals surface area contributed by atoms with E-state index in [0.717, 1.165) is 19.3 Å². The molecule has 0 spiro atoms. The Kier molecular flexibility index (Phi) is 15.0. The maximum Gasteiger partial charge on any atom is 0.305 e. The third-order valence-corrected chi connectivity index (χ3v) is 3.34. The molecule has 0 aromatic heterocycles. The number of aliphatic hydroxyl groups excluding tert-OH is 1. The molecular weight excluding hydrogens is 240 g/mol. The van der Waals surface area contributed by atoms with Gasteiger partial charge in [-0.25, -0.2) is 0 Å². The predicted octanol–water partition coefficient (Wildman–Crippen LogP) is 4.22. The number of unbranched alkanes of at least 4 members (excludes halogenated alkanes) is 10. The lowest BCUT2D eigenvalue weighted by molar-refractivity contribution is -0.143. The van der Waals surface area contributed by atoms with Crippen LogP contribution >= 0.6 is 0 Å². The van der Waals surface area contributed by atoms with Gasteiger partial charge in [-0.2, -0.15) is 0 Å². The lowest BCUT2D eigenvalue weighted by Gasteiger charge is -2.03. The maximum atomic E-state index is 11.1. The molecule has 0 fully saturated rings. The lowest BCUT2D eigenvalue weighted by Crippen LogP contribution is -2.03. The van der Waals surface area contributed by atoms with Crippen LogP contribution in [0.1, 0.15) is 84.0 Å². The van der Waals surface area contributed by atoms with Gasteiger partial charge in [-0.05, 0) is 19.8 Å². The highest BCUT2D eigenvalue weighted by atomic mass is 16.5. The SMILES string of the molecule is CCOC(=O)CCCCCCCCCCCCCO. The molecule has 0 aliphatic carbocycles. The van der Waals surface area contributed by atoms with Crippen molar-refractivity contribution in [2.75, 3.05) is 13.2 Å². The van der Waals surface area contributed by atoms with Crippen LogP contribution in [0.2, 0.25) is 0 Å². The van der Waals surface area contributed by atoms with E-state index >= 15 is 0 Å². The Morgan fingerprint density at radius 3 is 1.63 bits per heavy atom. The monoisotopic (exact) mass is 272 g/mol. The number of carbonyl (C=O) groups excluding carboxylic acids is 1. The summed E-state index contributed by atoms with van der Waals surface area (Å²) in [7, 11) is 0. The highest BCUT2D eigenvalue weighted by Crippen LogP contribution is 2.12. The van der Waals surface area contributed by atoms with Gasteiger partial charge in [0.25, 0.3) is 0 Å². The second-order valence-electron chi connectivity index (χ2n) is 5.17. The van der Waals surface area contributed by atoms with E-state index in [9.17, 15) is 4.79 Å². The highest BCUT2D eigenvalue weighted by molar-refractivity contribution is 5.69. The van der Waals surface area contributed by atoms with Crippen LogP contribution in [0, 0.1) is 0 Å². The van der Waals surface area contributed by atoms with E-state index in [1.54, 1.807) is 0 Å². The van der Waals surface area contributed by atoms with Gasteiger partial charge in [-0.1, -0.05) is 57.8 Å². The number of ether oxygens (including phenoxy) is 1. The van der Waals surface area contributed by atoms with Crippen molar-refractivity contribution in [1.29, 1.82) is 0 Å². The summed E-state index contributed by atoms with van der Waals surface area (Å²) in [5, 5.41) is 8.65. The van der Waals surface area contributed by atoms with Crippen molar-refractivity contribution in [2.24, 2.45) is 0 Å². The van der Waals surface area contributed by atoms with Crippen LogP contribution in [0.4, 0.5) is 0 Å². The van der Waals surface area contributed by atoms with Crippen molar-refractivity contribution in [3.8, 4) is 0 Å². The molecule has 3 heteroatoms. The summed E-state index contributed by atoms with van der Waals surface area (Å²) in [6.45, 7) is 2.69. The van der Waals surface area contributed by atoms with Crippen molar-refractivity contribution >= 4 is 5.97 Å². The van der Waals surface area contributed by atoms with E-state index in [1.165, 1.54) is 51.4 Å². The minimum atomic E-state index is -0.0506. The van der Waals surface area contributed by atoms with Crippen molar-refractivity contribution in [3.63, 3.8) is 0 Å². The van der Waals surface area contributed by atoms with Crippen LogP contribution in [0.25, 0.3) is 0 Å². The average molecular weight is 272 g/mol. The third-order valence-electron chi connectivity index (χ3n) is 3.34. The smallest absolute Gasteiger partial charge is 0.305 e. The Morgan fingerprint density at radius 1 is 0.789 bits per heavy atom. The summed E-state index contributed by atoms with van der Waals surface area (Å²) in [4.78, 5) is 11.1. The molecule has 0 rings (SSSR count). The van der Waals surface area contributed by atoms with Crippen LogP contribution in [0.15, 0.2) is 0 Å². The van der Waals surface area contributed by atoms with Crippen molar-refractivity contribution in [1.82, 2.24) is 0 Å². The first-order valence-electron chi connectivity index (χ1n) is 8.07. The van der Waals surface area contributed by atoms with Crippen LogP contribution in [0.5, 0.6) is 0 Å². The zero-order valence-corrected chi connectivity index (χ0v) is 12.7. The molecule has 0 aliphatic rings.